The van der Waals surface area contributed by atoms with Gasteiger partial charge in [-0.05, 0) is 72.7 Å². The van der Waals surface area contributed by atoms with Gasteiger partial charge in [0.05, 0.1) is 0 Å². The van der Waals surface area contributed by atoms with E-state index in [0.29, 0.717) is 0 Å². The molecule has 0 spiro atoms. The highest BCUT2D eigenvalue weighted by Crippen LogP contribution is 2.39. The van der Waals surface area contributed by atoms with Gasteiger partial charge in [-0.1, -0.05) is 66.7 Å². The summed E-state index contributed by atoms with van der Waals surface area (Å²) < 4.78 is 1.93. The summed E-state index contributed by atoms with van der Waals surface area (Å²) in [7, 11) is -0.519. The predicted molar refractivity (Wildman–Crippen MR) is 129 cm³/mol. The molecule has 1 aliphatic rings. The van der Waals surface area contributed by atoms with Gasteiger partial charge in [-0.2, -0.15) is 0 Å². The third kappa shape index (κ3) is 4.06. The van der Waals surface area contributed by atoms with Crippen LogP contribution in [-0.2, 0) is 18.4 Å². The summed E-state index contributed by atoms with van der Waals surface area (Å²) >= 11 is 0. The van der Waals surface area contributed by atoms with Gasteiger partial charge in [-0.3, -0.25) is 4.90 Å². The second kappa shape index (κ2) is 8.37. The molecule has 4 aromatic rings. The van der Waals surface area contributed by atoms with E-state index in [1.165, 1.54) is 22.1 Å². The maximum Gasteiger partial charge on any atom is 0.413 e. The Morgan fingerprint density at radius 2 is 1.61 bits per heavy atom. The Labute approximate surface area is 185 Å². The second-order valence-corrected chi connectivity index (χ2v) is 9.02. The number of aromatic nitrogens is 1. The number of benzene rings is 3. The first kappa shape index (κ1) is 20.1. The zero-order chi connectivity index (χ0) is 21.3. The van der Waals surface area contributed by atoms with Gasteiger partial charge < -0.3 is 9.50 Å². The molecule has 1 aromatic heterocycles. The van der Waals surface area contributed by atoms with E-state index in [-0.39, 0.29) is 5.41 Å². The van der Waals surface area contributed by atoms with Crippen molar-refractivity contribution >= 4 is 18.0 Å². The molecule has 2 heterocycles. The monoisotopic (exact) mass is 408 g/mol. The molecule has 1 unspecified atom stereocenters. The normalized spacial score (nSPS) is 19.2. The van der Waals surface area contributed by atoms with Crippen molar-refractivity contribution in [1.82, 2.24) is 9.38 Å². The zero-order valence-electron chi connectivity index (χ0n) is 18.1. The molecule has 31 heavy (non-hydrogen) atoms. The van der Waals surface area contributed by atoms with Crippen molar-refractivity contribution in [3.8, 4) is 0 Å². The summed E-state index contributed by atoms with van der Waals surface area (Å²) in [5.41, 5.74) is 5.36. The van der Waals surface area contributed by atoms with Crippen LogP contribution in [0.3, 0.4) is 0 Å². The van der Waals surface area contributed by atoms with E-state index in [1.54, 1.807) is 0 Å². The van der Waals surface area contributed by atoms with Gasteiger partial charge in [0.15, 0.2) is 0 Å². The van der Waals surface area contributed by atoms with Gasteiger partial charge in [0, 0.05) is 24.0 Å². The van der Waals surface area contributed by atoms with E-state index in [2.05, 4.69) is 89.8 Å². The highest BCUT2D eigenvalue weighted by atomic mass is 16.2. The predicted octanol–water partition coefficient (Wildman–Crippen LogP) is 4.99. The topological polar surface area (TPSA) is 28.4 Å². The van der Waals surface area contributed by atoms with Crippen LogP contribution in [0.5, 0.6) is 0 Å². The highest BCUT2D eigenvalue weighted by Gasteiger charge is 2.39. The lowest BCUT2D eigenvalue weighted by Gasteiger charge is -2.31. The SMILES string of the molecule is CB(O)n1ccc2cc(C3(Cc4ccccc4)CCN(Cc4ccccc4)C3)ccc21. The van der Waals surface area contributed by atoms with Crippen LogP contribution < -0.4 is 0 Å². The third-order valence-electron chi connectivity index (χ3n) is 6.80. The molecule has 1 atom stereocenters. The van der Waals surface area contributed by atoms with E-state index in [1.807, 2.05) is 17.5 Å². The minimum absolute atomic E-state index is 0.0945. The first-order valence-electron chi connectivity index (χ1n) is 11.2. The zero-order valence-corrected chi connectivity index (χ0v) is 18.1. The summed E-state index contributed by atoms with van der Waals surface area (Å²) in [4.78, 5) is 2.60. The fourth-order valence-corrected chi connectivity index (χ4v) is 5.22. The molecule has 5 rings (SSSR count). The second-order valence-electron chi connectivity index (χ2n) is 9.02. The minimum Gasteiger partial charge on any atom is -0.432 e. The summed E-state index contributed by atoms with van der Waals surface area (Å²) in [6.45, 7) is 4.97. The minimum atomic E-state index is -0.519. The van der Waals surface area contributed by atoms with Crippen LogP contribution in [-0.4, -0.2) is 34.5 Å². The Hall–Kier alpha value is -2.82. The molecule has 0 amide bonds. The number of hydrogen-bond acceptors (Lipinski definition) is 2. The van der Waals surface area contributed by atoms with Gasteiger partial charge in [0.25, 0.3) is 0 Å². The van der Waals surface area contributed by atoms with Crippen LogP contribution in [0.15, 0.2) is 91.1 Å². The smallest absolute Gasteiger partial charge is 0.413 e. The standard InChI is InChI=1S/C27H29BN2O/c1-28(31)30-16-14-24-18-25(12-13-26(24)30)27(19-22-8-4-2-5-9-22)15-17-29(21-27)20-23-10-6-3-7-11-23/h2-14,16,18,31H,15,17,19-21H2,1H3. The van der Waals surface area contributed by atoms with Gasteiger partial charge in [-0.15, -0.1) is 0 Å². The van der Waals surface area contributed by atoms with Crippen molar-refractivity contribution in [2.75, 3.05) is 13.1 Å². The largest absolute Gasteiger partial charge is 0.432 e. The molecule has 4 heteroatoms. The Bertz CT molecular complexity index is 1160. The number of hydrogen-bond donors (Lipinski definition) is 1. The van der Waals surface area contributed by atoms with Crippen LogP contribution in [0, 0.1) is 0 Å². The Morgan fingerprint density at radius 1 is 0.903 bits per heavy atom. The molecular formula is C27H29BN2O. The van der Waals surface area contributed by atoms with Crippen LogP contribution in [0.1, 0.15) is 23.1 Å². The summed E-state index contributed by atoms with van der Waals surface area (Å²) in [6, 6.07) is 30.6. The molecule has 0 bridgehead atoms. The number of nitrogens with zero attached hydrogens (tertiary/aromatic N) is 2. The molecule has 3 nitrogen and oxygen atoms in total. The van der Waals surface area contributed by atoms with Crippen molar-refractivity contribution in [2.24, 2.45) is 0 Å². The average molecular weight is 408 g/mol. The molecule has 1 N–H and O–H groups in total. The quantitative estimate of drug-likeness (QED) is 0.456. The van der Waals surface area contributed by atoms with Crippen molar-refractivity contribution < 1.29 is 5.02 Å². The molecule has 1 aliphatic heterocycles. The molecule has 1 fully saturated rings. The number of fused-ring (bicyclic) bond motifs is 1. The lowest BCUT2D eigenvalue weighted by atomic mass is 9.74. The Balaban J connectivity index is 1.49. The van der Waals surface area contributed by atoms with Crippen molar-refractivity contribution in [3.63, 3.8) is 0 Å². The van der Waals surface area contributed by atoms with Gasteiger partial charge in [-0.25, -0.2) is 0 Å². The lowest BCUT2D eigenvalue weighted by molar-refractivity contribution is 0.301. The summed E-state index contributed by atoms with van der Waals surface area (Å²) in [6.07, 6.45) is 4.18. The number of likely N-dealkylation sites (tertiary alicyclic amines) is 1. The van der Waals surface area contributed by atoms with E-state index >= 15 is 0 Å². The maximum atomic E-state index is 10.1. The first-order chi connectivity index (χ1) is 15.1. The van der Waals surface area contributed by atoms with Crippen LogP contribution in [0.2, 0.25) is 6.82 Å². The van der Waals surface area contributed by atoms with E-state index in [0.717, 1.165) is 38.0 Å². The van der Waals surface area contributed by atoms with E-state index < -0.39 is 7.05 Å². The molecule has 3 aromatic carbocycles. The molecule has 156 valence electrons. The molecule has 0 radical (unpaired) electrons. The van der Waals surface area contributed by atoms with E-state index in [4.69, 9.17) is 0 Å². The fraction of sp³-hybridized carbons (Fsp3) is 0.259. The molecule has 0 aliphatic carbocycles. The maximum absolute atomic E-state index is 10.1. The molecular weight excluding hydrogens is 379 g/mol. The van der Waals surface area contributed by atoms with Gasteiger partial charge in [0.1, 0.15) is 0 Å². The van der Waals surface area contributed by atoms with Crippen LogP contribution in [0.25, 0.3) is 10.9 Å². The Morgan fingerprint density at radius 3 is 2.32 bits per heavy atom. The first-order valence-corrected chi connectivity index (χ1v) is 11.2. The van der Waals surface area contributed by atoms with Crippen molar-refractivity contribution in [2.45, 2.75) is 31.6 Å². The Kier molecular flexibility index (Phi) is 5.43. The third-order valence-corrected chi connectivity index (χ3v) is 6.80. The van der Waals surface area contributed by atoms with Crippen molar-refractivity contribution in [3.05, 3.63) is 108 Å². The lowest BCUT2D eigenvalue weighted by Crippen LogP contribution is -2.33. The summed E-state index contributed by atoms with van der Waals surface area (Å²) in [5, 5.41) is 11.3. The van der Waals surface area contributed by atoms with Gasteiger partial charge >= 0.3 is 7.05 Å². The van der Waals surface area contributed by atoms with Crippen molar-refractivity contribution in [1.29, 1.82) is 0 Å². The summed E-state index contributed by atoms with van der Waals surface area (Å²) in [5.74, 6) is 0. The number of rotatable bonds is 6. The fourth-order valence-electron chi connectivity index (χ4n) is 5.22. The highest BCUT2D eigenvalue weighted by molar-refractivity contribution is 6.48. The average Bonchev–Trinajstić information content (AvgIpc) is 3.40. The molecule has 1 saturated heterocycles. The van der Waals surface area contributed by atoms with Gasteiger partial charge in [0.2, 0.25) is 0 Å². The molecule has 0 saturated carbocycles. The van der Waals surface area contributed by atoms with E-state index in [9.17, 15) is 5.02 Å². The van der Waals surface area contributed by atoms with Crippen LogP contribution >= 0.6 is 0 Å². The van der Waals surface area contributed by atoms with Crippen LogP contribution in [0.4, 0.5) is 0 Å².